The van der Waals surface area contributed by atoms with Gasteiger partial charge in [-0.1, -0.05) is 6.07 Å². The van der Waals surface area contributed by atoms with Gasteiger partial charge in [-0.05, 0) is 43.0 Å². The Labute approximate surface area is 164 Å². The minimum atomic E-state index is -0.218. The number of rotatable bonds is 6. The number of pyridine rings is 1. The van der Waals surface area contributed by atoms with E-state index in [0.29, 0.717) is 48.2 Å². The lowest BCUT2D eigenvalue weighted by Crippen LogP contribution is -2.41. The third kappa shape index (κ3) is 4.42. The highest BCUT2D eigenvalue weighted by atomic mass is 16.5. The summed E-state index contributed by atoms with van der Waals surface area (Å²) in [5.74, 6) is 1.10. The summed E-state index contributed by atoms with van der Waals surface area (Å²) in [5, 5.41) is 2.98. The van der Waals surface area contributed by atoms with Crippen molar-refractivity contribution in [1.29, 1.82) is 0 Å². The Hall–Kier alpha value is -3.09. The molecular weight excluding hydrogens is 358 g/mol. The molecule has 0 bridgehead atoms. The molecular formula is C21H25N3O4. The van der Waals surface area contributed by atoms with Crippen LogP contribution in [-0.2, 0) is 0 Å². The molecule has 0 aliphatic carbocycles. The molecule has 2 heterocycles. The van der Waals surface area contributed by atoms with Gasteiger partial charge < -0.3 is 19.7 Å². The molecule has 148 valence electrons. The number of methoxy groups -OCH3 is 2. The lowest BCUT2D eigenvalue weighted by atomic mass is 9.96. The molecule has 1 fully saturated rings. The number of aromatic nitrogens is 1. The Morgan fingerprint density at radius 2 is 1.68 bits per heavy atom. The maximum atomic E-state index is 12.7. The molecule has 3 rings (SSSR count). The van der Waals surface area contributed by atoms with Gasteiger partial charge in [0.25, 0.3) is 11.8 Å². The fourth-order valence-electron chi connectivity index (χ4n) is 3.42. The SMILES string of the molecule is COc1cccc(OC)c1C(=O)NCC1CCN(C(=O)c2ccncc2)CC1. The first-order valence-corrected chi connectivity index (χ1v) is 9.32. The van der Waals surface area contributed by atoms with Crippen LogP contribution in [0.3, 0.4) is 0 Å². The molecule has 0 radical (unpaired) electrons. The fourth-order valence-corrected chi connectivity index (χ4v) is 3.42. The van der Waals surface area contributed by atoms with Crippen molar-refractivity contribution in [3.63, 3.8) is 0 Å². The summed E-state index contributed by atoms with van der Waals surface area (Å²) in [7, 11) is 3.06. The Kier molecular flexibility index (Phi) is 6.47. The van der Waals surface area contributed by atoms with Gasteiger partial charge in [-0.15, -0.1) is 0 Å². The van der Waals surface area contributed by atoms with Crippen molar-refractivity contribution in [3.05, 3.63) is 53.9 Å². The number of benzene rings is 1. The van der Waals surface area contributed by atoms with Crippen molar-refractivity contribution in [3.8, 4) is 11.5 Å². The van der Waals surface area contributed by atoms with Crippen molar-refractivity contribution in [2.45, 2.75) is 12.8 Å². The molecule has 0 atom stereocenters. The van der Waals surface area contributed by atoms with Crippen LogP contribution in [0.4, 0.5) is 0 Å². The number of carbonyl (C=O) groups is 2. The molecule has 7 heteroatoms. The Morgan fingerprint density at radius 3 is 2.25 bits per heavy atom. The van der Waals surface area contributed by atoms with E-state index < -0.39 is 0 Å². The molecule has 2 aromatic rings. The molecule has 1 aliphatic rings. The minimum Gasteiger partial charge on any atom is -0.496 e. The second kappa shape index (κ2) is 9.21. The van der Waals surface area contributed by atoms with Crippen molar-refractivity contribution in [2.24, 2.45) is 5.92 Å². The molecule has 1 saturated heterocycles. The quantitative estimate of drug-likeness (QED) is 0.828. The van der Waals surface area contributed by atoms with Crippen molar-refractivity contribution in [1.82, 2.24) is 15.2 Å². The van der Waals surface area contributed by atoms with Crippen molar-refractivity contribution in [2.75, 3.05) is 33.9 Å². The monoisotopic (exact) mass is 383 g/mol. The van der Waals surface area contributed by atoms with Crippen LogP contribution >= 0.6 is 0 Å². The zero-order valence-electron chi connectivity index (χ0n) is 16.2. The number of amides is 2. The molecule has 0 saturated carbocycles. The predicted octanol–water partition coefficient (Wildman–Crippen LogP) is 2.38. The molecule has 1 aromatic carbocycles. The summed E-state index contributed by atoms with van der Waals surface area (Å²) in [4.78, 5) is 31.0. The Balaban J connectivity index is 1.53. The van der Waals surface area contributed by atoms with Crippen LogP contribution in [0.15, 0.2) is 42.7 Å². The summed E-state index contributed by atoms with van der Waals surface area (Å²) in [6.45, 7) is 1.91. The standard InChI is InChI=1S/C21H25N3O4/c1-27-17-4-3-5-18(28-2)19(17)20(25)23-14-15-8-12-24(13-9-15)21(26)16-6-10-22-11-7-16/h3-7,10-11,15H,8-9,12-14H2,1-2H3,(H,23,25). The van der Waals surface area contributed by atoms with E-state index in [1.807, 2.05) is 4.90 Å². The van der Waals surface area contributed by atoms with Crippen LogP contribution in [0, 0.1) is 5.92 Å². The number of nitrogens with zero attached hydrogens (tertiary/aromatic N) is 2. The fraction of sp³-hybridized carbons (Fsp3) is 0.381. The number of hydrogen-bond donors (Lipinski definition) is 1. The minimum absolute atomic E-state index is 0.0312. The van der Waals surface area contributed by atoms with Gasteiger partial charge in [0.05, 0.1) is 14.2 Å². The van der Waals surface area contributed by atoms with Gasteiger partial charge in [0.1, 0.15) is 17.1 Å². The number of nitrogens with one attached hydrogen (secondary N) is 1. The third-order valence-corrected chi connectivity index (χ3v) is 5.04. The van der Waals surface area contributed by atoms with E-state index in [-0.39, 0.29) is 11.8 Å². The zero-order valence-corrected chi connectivity index (χ0v) is 16.2. The molecule has 1 aliphatic heterocycles. The van der Waals surface area contributed by atoms with E-state index in [1.165, 1.54) is 14.2 Å². The summed E-state index contributed by atoms with van der Waals surface area (Å²) in [6, 6.07) is 8.72. The van der Waals surface area contributed by atoms with E-state index in [4.69, 9.17) is 9.47 Å². The highest BCUT2D eigenvalue weighted by molar-refractivity contribution is 5.99. The van der Waals surface area contributed by atoms with Gasteiger partial charge in [-0.25, -0.2) is 0 Å². The van der Waals surface area contributed by atoms with Gasteiger partial charge in [-0.3, -0.25) is 14.6 Å². The molecule has 0 spiro atoms. The summed E-state index contributed by atoms with van der Waals surface area (Å²) >= 11 is 0. The number of piperidine rings is 1. The number of ether oxygens (including phenoxy) is 2. The third-order valence-electron chi connectivity index (χ3n) is 5.04. The first-order chi connectivity index (χ1) is 13.6. The Bertz CT molecular complexity index is 795. The van der Waals surface area contributed by atoms with E-state index in [2.05, 4.69) is 10.3 Å². The summed E-state index contributed by atoms with van der Waals surface area (Å²) < 4.78 is 10.6. The van der Waals surface area contributed by atoms with E-state index in [1.54, 1.807) is 42.7 Å². The van der Waals surface area contributed by atoms with Crippen LogP contribution in [0.25, 0.3) is 0 Å². The lowest BCUT2D eigenvalue weighted by molar-refractivity contribution is 0.0684. The molecule has 0 unspecified atom stereocenters. The maximum Gasteiger partial charge on any atom is 0.258 e. The molecule has 28 heavy (non-hydrogen) atoms. The number of hydrogen-bond acceptors (Lipinski definition) is 5. The molecule has 1 N–H and O–H groups in total. The van der Waals surface area contributed by atoms with Crippen LogP contribution in [0.2, 0.25) is 0 Å². The Morgan fingerprint density at radius 1 is 1.07 bits per heavy atom. The van der Waals surface area contributed by atoms with Crippen LogP contribution in [-0.4, -0.2) is 55.6 Å². The first kappa shape index (κ1) is 19.7. The number of likely N-dealkylation sites (tertiary alicyclic amines) is 1. The highest BCUT2D eigenvalue weighted by Gasteiger charge is 2.25. The van der Waals surface area contributed by atoms with Crippen molar-refractivity contribution < 1.29 is 19.1 Å². The lowest BCUT2D eigenvalue weighted by Gasteiger charge is -2.32. The highest BCUT2D eigenvalue weighted by Crippen LogP contribution is 2.28. The van der Waals surface area contributed by atoms with Gasteiger partial charge in [0.15, 0.2) is 0 Å². The smallest absolute Gasteiger partial charge is 0.258 e. The molecule has 1 aromatic heterocycles. The van der Waals surface area contributed by atoms with Gasteiger partial charge in [0.2, 0.25) is 0 Å². The van der Waals surface area contributed by atoms with Gasteiger partial charge in [-0.2, -0.15) is 0 Å². The largest absolute Gasteiger partial charge is 0.496 e. The normalized spacial score (nSPS) is 14.4. The van der Waals surface area contributed by atoms with Crippen molar-refractivity contribution >= 4 is 11.8 Å². The van der Waals surface area contributed by atoms with E-state index in [0.717, 1.165) is 12.8 Å². The van der Waals surface area contributed by atoms with E-state index in [9.17, 15) is 9.59 Å². The average Bonchev–Trinajstić information content (AvgIpc) is 2.77. The summed E-state index contributed by atoms with van der Waals surface area (Å²) in [5.41, 5.74) is 1.06. The second-order valence-electron chi connectivity index (χ2n) is 6.72. The van der Waals surface area contributed by atoms with Crippen LogP contribution in [0.5, 0.6) is 11.5 Å². The average molecular weight is 383 g/mol. The van der Waals surface area contributed by atoms with Gasteiger partial charge >= 0.3 is 0 Å². The second-order valence-corrected chi connectivity index (χ2v) is 6.72. The van der Waals surface area contributed by atoms with Crippen LogP contribution in [0.1, 0.15) is 33.6 Å². The zero-order chi connectivity index (χ0) is 19.9. The number of carbonyl (C=O) groups excluding carboxylic acids is 2. The maximum absolute atomic E-state index is 12.7. The van der Waals surface area contributed by atoms with Crippen LogP contribution < -0.4 is 14.8 Å². The molecule has 2 amide bonds. The molecule has 7 nitrogen and oxygen atoms in total. The first-order valence-electron chi connectivity index (χ1n) is 9.32. The predicted molar refractivity (Wildman–Crippen MR) is 105 cm³/mol. The van der Waals surface area contributed by atoms with Gasteiger partial charge in [0, 0.05) is 37.6 Å². The summed E-state index contributed by atoms with van der Waals surface area (Å²) in [6.07, 6.45) is 4.95. The topological polar surface area (TPSA) is 80.8 Å². The van der Waals surface area contributed by atoms with E-state index >= 15 is 0 Å².